The Bertz CT molecular complexity index is 707. The van der Waals surface area contributed by atoms with Crippen LogP contribution < -0.4 is 9.47 Å². The van der Waals surface area contributed by atoms with E-state index in [1.54, 1.807) is 30.3 Å². The Morgan fingerprint density at radius 2 is 2.10 bits per heavy atom. The third-order valence-electron chi connectivity index (χ3n) is 2.91. The van der Waals surface area contributed by atoms with Crippen molar-refractivity contribution in [2.75, 3.05) is 7.11 Å². The molecule has 0 radical (unpaired) electrons. The SMILES string of the molecule is COc1cc(C=O)ccc1OCc1cccc(C#N)c1F. The zero-order chi connectivity index (χ0) is 15.2. The van der Waals surface area contributed by atoms with E-state index in [0.717, 1.165) is 0 Å². The molecule has 0 atom stereocenters. The molecule has 0 bridgehead atoms. The monoisotopic (exact) mass is 285 g/mol. The van der Waals surface area contributed by atoms with Gasteiger partial charge in [0.1, 0.15) is 24.8 Å². The van der Waals surface area contributed by atoms with Gasteiger partial charge in [0.2, 0.25) is 0 Å². The van der Waals surface area contributed by atoms with Gasteiger partial charge in [-0.1, -0.05) is 12.1 Å². The third kappa shape index (κ3) is 3.18. The van der Waals surface area contributed by atoms with Crippen molar-refractivity contribution in [3.05, 3.63) is 58.9 Å². The number of benzene rings is 2. The standard InChI is InChI=1S/C16H12FNO3/c1-20-15-7-11(9-19)5-6-14(15)21-10-13-4-2-3-12(8-18)16(13)17/h2-7,9H,10H2,1H3. The first-order valence-electron chi connectivity index (χ1n) is 6.13. The molecule has 0 saturated carbocycles. The quantitative estimate of drug-likeness (QED) is 0.792. The molecular formula is C16H12FNO3. The van der Waals surface area contributed by atoms with Crippen LogP contribution in [0, 0.1) is 17.1 Å². The Hall–Kier alpha value is -2.87. The second kappa shape index (κ2) is 6.53. The lowest BCUT2D eigenvalue weighted by atomic mass is 10.1. The summed E-state index contributed by atoms with van der Waals surface area (Å²) in [6.45, 7) is -0.0435. The number of halogens is 1. The van der Waals surface area contributed by atoms with Crippen LogP contribution in [0.1, 0.15) is 21.5 Å². The largest absolute Gasteiger partial charge is 0.493 e. The fourth-order valence-corrected chi connectivity index (χ4v) is 1.81. The van der Waals surface area contributed by atoms with Crippen LogP contribution >= 0.6 is 0 Å². The Morgan fingerprint density at radius 3 is 2.76 bits per heavy atom. The Kier molecular flexibility index (Phi) is 4.52. The first-order chi connectivity index (χ1) is 10.2. The highest BCUT2D eigenvalue weighted by Crippen LogP contribution is 2.28. The van der Waals surface area contributed by atoms with Gasteiger partial charge in [-0.15, -0.1) is 0 Å². The molecule has 106 valence electrons. The lowest BCUT2D eigenvalue weighted by Crippen LogP contribution is -2.01. The van der Waals surface area contributed by atoms with Crippen LogP contribution in [0.25, 0.3) is 0 Å². The number of hydrogen-bond acceptors (Lipinski definition) is 4. The van der Waals surface area contributed by atoms with Crippen LogP contribution in [0.2, 0.25) is 0 Å². The van der Waals surface area contributed by atoms with Gasteiger partial charge in [0.05, 0.1) is 12.7 Å². The van der Waals surface area contributed by atoms with Gasteiger partial charge in [-0.3, -0.25) is 4.79 Å². The van der Waals surface area contributed by atoms with Gasteiger partial charge in [0, 0.05) is 11.1 Å². The smallest absolute Gasteiger partial charge is 0.161 e. The maximum absolute atomic E-state index is 13.9. The van der Waals surface area contributed by atoms with Crippen molar-refractivity contribution in [2.45, 2.75) is 6.61 Å². The summed E-state index contributed by atoms with van der Waals surface area (Å²) >= 11 is 0. The molecule has 0 unspecified atom stereocenters. The van der Waals surface area contributed by atoms with Crippen LogP contribution in [-0.2, 0) is 6.61 Å². The van der Waals surface area contributed by atoms with Crippen molar-refractivity contribution in [1.82, 2.24) is 0 Å². The molecule has 0 saturated heterocycles. The van der Waals surface area contributed by atoms with E-state index in [0.29, 0.717) is 23.3 Å². The maximum atomic E-state index is 13.9. The molecule has 0 fully saturated rings. The molecule has 21 heavy (non-hydrogen) atoms. The molecular weight excluding hydrogens is 273 g/mol. The molecule has 0 heterocycles. The zero-order valence-electron chi connectivity index (χ0n) is 11.3. The number of methoxy groups -OCH3 is 1. The second-order valence-corrected chi connectivity index (χ2v) is 4.21. The van der Waals surface area contributed by atoms with E-state index in [1.165, 1.54) is 19.2 Å². The summed E-state index contributed by atoms with van der Waals surface area (Å²) in [5, 5.41) is 8.78. The van der Waals surface area contributed by atoms with E-state index in [4.69, 9.17) is 14.7 Å². The first kappa shape index (κ1) is 14.5. The Balaban J connectivity index is 2.21. The summed E-state index contributed by atoms with van der Waals surface area (Å²) in [6, 6.07) is 11.0. The van der Waals surface area contributed by atoms with Crippen molar-refractivity contribution in [3.8, 4) is 17.6 Å². The number of nitriles is 1. The molecule has 5 heteroatoms. The van der Waals surface area contributed by atoms with Gasteiger partial charge >= 0.3 is 0 Å². The zero-order valence-corrected chi connectivity index (χ0v) is 11.3. The predicted octanol–water partition coefficient (Wildman–Crippen LogP) is 3.10. The van der Waals surface area contributed by atoms with Gasteiger partial charge in [-0.25, -0.2) is 4.39 Å². The molecule has 0 aliphatic heterocycles. The highest BCUT2D eigenvalue weighted by atomic mass is 19.1. The van der Waals surface area contributed by atoms with Crippen molar-refractivity contribution >= 4 is 6.29 Å². The summed E-state index contributed by atoms with van der Waals surface area (Å²) < 4.78 is 24.5. The van der Waals surface area contributed by atoms with E-state index in [1.807, 2.05) is 0 Å². The molecule has 0 aliphatic rings. The highest BCUT2D eigenvalue weighted by Gasteiger charge is 2.10. The van der Waals surface area contributed by atoms with Gasteiger partial charge < -0.3 is 9.47 Å². The molecule has 0 aliphatic carbocycles. The topological polar surface area (TPSA) is 59.3 Å². The van der Waals surface area contributed by atoms with E-state index < -0.39 is 5.82 Å². The fraction of sp³-hybridized carbons (Fsp3) is 0.125. The van der Waals surface area contributed by atoms with Crippen LogP contribution in [0.4, 0.5) is 4.39 Å². The summed E-state index contributed by atoms with van der Waals surface area (Å²) in [6.07, 6.45) is 0.697. The molecule has 2 rings (SSSR count). The summed E-state index contributed by atoms with van der Waals surface area (Å²) in [5.41, 5.74) is 0.701. The molecule has 0 N–H and O–H groups in total. The number of rotatable bonds is 5. The number of carbonyl (C=O) groups is 1. The van der Waals surface area contributed by atoms with Crippen LogP contribution in [0.15, 0.2) is 36.4 Å². The van der Waals surface area contributed by atoms with Crippen molar-refractivity contribution < 1.29 is 18.7 Å². The molecule has 4 nitrogen and oxygen atoms in total. The van der Waals surface area contributed by atoms with E-state index in [2.05, 4.69) is 0 Å². The Morgan fingerprint density at radius 1 is 1.29 bits per heavy atom. The normalized spacial score (nSPS) is 9.76. The third-order valence-corrected chi connectivity index (χ3v) is 2.91. The first-order valence-corrected chi connectivity index (χ1v) is 6.13. The van der Waals surface area contributed by atoms with Gasteiger partial charge in [-0.2, -0.15) is 5.26 Å². The molecule has 2 aromatic rings. The van der Waals surface area contributed by atoms with Crippen LogP contribution in [0.3, 0.4) is 0 Å². The van der Waals surface area contributed by atoms with E-state index in [-0.39, 0.29) is 17.7 Å². The molecule has 0 amide bonds. The Labute approximate surface area is 121 Å². The van der Waals surface area contributed by atoms with Gasteiger partial charge in [0.15, 0.2) is 11.5 Å². The second-order valence-electron chi connectivity index (χ2n) is 4.21. The average molecular weight is 285 g/mol. The number of nitrogens with zero attached hydrogens (tertiary/aromatic N) is 1. The molecule has 0 aromatic heterocycles. The lowest BCUT2D eigenvalue weighted by molar-refractivity contribution is 0.112. The minimum atomic E-state index is -0.594. The van der Waals surface area contributed by atoms with Crippen LogP contribution in [0.5, 0.6) is 11.5 Å². The minimum Gasteiger partial charge on any atom is -0.493 e. The minimum absolute atomic E-state index is 0.0284. The van der Waals surface area contributed by atoms with Gasteiger partial charge in [0.25, 0.3) is 0 Å². The summed E-state index contributed by atoms with van der Waals surface area (Å²) in [7, 11) is 1.45. The summed E-state index contributed by atoms with van der Waals surface area (Å²) in [5.74, 6) is 0.185. The summed E-state index contributed by atoms with van der Waals surface area (Å²) in [4.78, 5) is 10.7. The number of hydrogen-bond donors (Lipinski definition) is 0. The predicted molar refractivity (Wildman–Crippen MR) is 73.8 cm³/mol. The lowest BCUT2D eigenvalue weighted by Gasteiger charge is -2.11. The van der Waals surface area contributed by atoms with E-state index >= 15 is 0 Å². The average Bonchev–Trinajstić information content (AvgIpc) is 2.53. The fourth-order valence-electron chi connectivity index (χ4n) is 1.81. The highest BCUT2D eigenvalue weighted by molar-refractivity contribution is 5.76. The van der Waals surface area contributed by atoms with Gasteiger partial charge in [-0.05, 0) is 24.3 Å². The van der Waals surface area contributed by atoms with Crippen LogP contribution in [-0.4, -0.2) is 13.4 Å². The number of aldehydes is 1. The maximum Gasteiger partial charge on any atom is 0.161 e. The number of ether oxygens (including phenoxy) is 2. The molecule has 0 spiro atoms. The van der Waals surface area contributed by atoms with Crippen molar-refractivity contribution in [2.24, 2.45) is 0 Å². The number of carbonyl (C=O) groups excluding carboxylic acids is 1. The van der Waals surface area contributed by atoms with Crippen molar-refractivity contribution in [1.29, 1.82) is 5.26 Å². The van der Waals surface area contributed by atoms with Crippen molar-refractivity contribution in [3.63, 3.8) is 0 Å². The molecule has 2 aromatic carbocycles. The van der Waals surface area contributed by atoms with E-state index in [9.17, 15) is 9.18 Å².